The molecule has 0 aliphatic heterocycles. The van der Waals surface area contributed by atoms with Crippen LogP contribution in [0.15, 0.2) is 5.38 Å². The predicted octanol–water partition coefficient (Wildman–Crippen LogP) is 4.93. The Balaban J connectivity index is 1.94. The Kier molecular flexibility index (Phi) is 6.24. The third kappa shape index (κ3) is 5.37. The molecule has 1 atom stereocenters. The van der Waals surface area contributed by atoms with Crippen molar-refractivity contribution in [3.8, 4) is 0 Å². The number of nitrogens with one attached hydrogen (secondary N) is 1. The minimum atomic E-state index is 0.173. The highest BCUT2D eigenvalue weighted by Gasteiger charge is 2.22. The van der Waals surface area contributed by atoms with Gasteiger partial charge in [0, 0.05) is 23.3 Å². The molecular formula is C18H32N2S. The van der Waals surface area contributed by atoms with Crippen molar-refractivity contribution < 1.29 is 0 Å². The van der Waals surface area contributed by atoms with Gasteiger partial charge in [-0.15, -0.1) is 11.3 Å². The molecule has 120 valence electrons. The zero-order valence-corrected chi connectivity index (χ0v) is 15.1. The lowest BCUT2D eigenvalue weighted by Crippen LogP contribution is -2.33. The maximum Gasteiger partial charge on any atom is 0.0944 e. The first-order valence-corrected chi connectivity index (χ1v) is 9.55. The lowest BCUT2D eigenvalue weighted by Gasteiger charge is -2.21. The third-order valence-corrected chi connectivity index (χ3v) is 5.39. The Morgan fingerprint density at radius 1 is 1.33 bits per heavy atom. The molecular weight excluding hydrogens is 276 g/mol. The lowest BCUT2D eigenvalue weighted by molar-refractivity contribution is 0.384. The fourth-order valence-electron chi connectivity index (χ4n) is 3.20. The van der Waals surface area contributed by atoms with Gasteiger partial charge in [0.2, 0.25) is 0 Å². The van der Waals surface area contributed by atoms with Gasteiger partial charge >= 0.3 is 0 Å². The topological polar surface area (TPSA) is 24.9 Å². The SMILES string of the molecule is CCCNC(Cc1nc(C(C)(C)C)cs1)CC1CCCC1. The highest BCUT2D eigenvalue weighted by Crippen LogP contribution is 2.30. The van der Waals surface area contributed by atoms with Crippen molar-refractivity contribution in [2.24, 2.45) is 5.92 Å². The third-order valence-electron chi connectivity index (χ3n) is 4.52. The first kappa shape index (κ1) is 17.0. The predicted molar refractivity (Wildman–Crippen MR) is 93.2 cm³/mol. The van der Waals surface area contributed by atoms with Crippen molar-refractivity contribution in [2.75, 3.05) is 6.54 Å². The summed E-state index contributed by atoms with van der Waals surface area (Å²) in [6.07, 6.45) is 9.42. The van der Waals surface area contributed by atoms with E-state index in [4.69, 9.17) is 4.98 Å². The normalized spacial score (nSPS) is 18.3. The van der Waals surface area contributed by atoms with Gasteiger partial charge in [-0.05, 0) is 25.3 Å². The minimum Gasteiger partial charge on any atom is -0.314 e. The Labute approximate surface area is 134 Å². The van der Waals surface area contributed by atoms with Crippen LogP contribution < -0.4 is 5.32 Å². The molecule has 1 N–H and O–H groups in total. The highest BCUT2D eigenvalue weighted by molar-refractivity contribution is 7.09. The van der Waals surface area contributed by atoms with Crippen molar-refractivity contribution in [1.82, 2.24) is 10.3 Å². The fourth-order valence-corrected chi connectivity index (χ4v) is 4.30. The Morgan fingerprint density at radius 3 is 2.62 bits per heavy atom. The van der Waals surface area contributed by atoms with Crippen molar-refractivity contribution >= 4 is 11.3 Å². The summed E-state index contributed by atoms with van der Waals surface area (Å²) in [5, 5.41) is 7.32. The minimum absolute atomic E-state index is 0.173. The summed E-state index contributed by atoms with van der Waals surface area (Å²) in [5.41, 5.74) is 1.42. The molecule has 0 spiro atoms. The number of aromatic nitrogens is 1. The molecule has 1 unspecified atom stereocenters. The molecule has 3 heteroatoms. The van der Waals surface area contributed by atoms with Crippen molar-refractivity contribution in [3.63, 3.8) is 0 Å². The van der Waals surface area contributed by atoms with Crippen LogP contribution in [0.25, 0.3) is 0 Å². The number of thiazole rings is 1. The lowest BCUT2D eigenvalue weighted by atomic mass is 9.93. The number of hydrogen-bond donors (Lipinski definition) is 1. The zero-order valence-electron chi connectivity index (χ0n) is 14.2. The van der Waals surface area contributed by atoms with E-state index in [9.17, 15) is 0 Å². The monoisotopic (exact) mass is 308 g/mol. The van der Waals surface area contributed by atoms with Crippen LogP contribution in [0, 0.1) is 5.92 Å². The highest BCUT2D eigenvalue weighted by atomic mass is 32.1. The van der Waals surface area contributed by atoms with Crippen LogP contribution in [0.4, 0.5) is 0 Å². The van der Waals surface area contributed by atoms with Crippen molar-refractivity contribution in [1.29, 1.82) is 0 Å². The largest absolute Gasteiger partial charge is 0.314 e. The molecule has 2 rings (SSSR count). The van der Waals surface area contributed by atoms with Gasteiger partial charge in [-0.1, -0.05) is 53.4 Å². The molecule has 1 aromatic heterocycles. The molecule has 1 aliphatic rings. The number of hydrogen-bond acceptors (Lipinski definition) is 3. The van der Waals surface area contributed by atoms with Crippen LogP contribution in [0.3, 0.4) is 0 Å². The Morgan fingerprint density at radius 2 is 2.05 bits per heavy atom. The van der Waals surface area contributed by atoms with Crippen LogP contribution in [0.2, 0.25) is 0 Å². The second kappa shape index (κ2) is 7.73. The van der Waals surface area contributed by atoms with Gasteiger partial charge in [0.15, 0.2) is 0 Å². The molecule has 1 aromatic rings. The van der Waals surface area contributed by atoms with E-state index in [2.05, 4.69) is 38.4 Å². The van der Waals surface area contributed by atoms with E-state index in [-0.39, 0.29) is 5.41 Å². The Hall–Kier alpha value is -0.410. The van der Waals surface area contributed by atoms with Gasteiger partial charge in [-0.25, -0.2) is 4.98 Å². The van der Waals surface area contributed by atoms with Gasteiger partial charge < -0.3 is 5.32 Å². The Bertz CT molecular complexity index is 413. The summed E-state index contributed by atoms with van der Waals surface area (Å²) in [4.78, 5) is 4.88. The van der Waals surface area contributed by atoms with Crippen molar-refractivity contribution in [2.45, 2.75) is 84.1 Å². The first-order chi connectivity index (χ1) is 9.99. The van der Waals surface area contributed by atoms with Crippen LogP contribution in [0.1, 0.15) is 76.9 Å². The molecule has 1 aliphatic carbocycles. The smallest absolute Gasteiger partial charge is 0.0944 e. The standard InChI is InChI=1S/C18H32N2S/c1-5-10-19-15(11-14-8-6-7-9-14)12-17-20-16(13-21-17)18(2,3)4/h13-15,19H,5-12H2,1-4H3. The first-order valence-electron chi connectivity index (χ1n) is 8.67. The molecule has 1 saturated carbocycles. The maximum absolute atomic E-state index is 4.88. The van der Waals surface area contributed by atoms with E-state index < -0.39 is 0 Å². The second-order valence-electron chi connectivity index (χ2n) is 7.62. The number of rotatable bonds is 7. The number of nitrogens with zero attached hydrogens (tertiary/aromatic N) is 1. The van der Waals surface area contributed by atoms with Crippen LogP contribution in [0.5, 0.6) is 0 Å². The van der Waals surface area contributed by atoms with Gasteiger partial charge in [0.05, 0.1) is 10.7 Å². The van der Waals surface area contributed by atoms with Crippen LogP contribution in [-0.2, 0) is 11.8 Å². The molecule has 0 radical (unpaired) electrons. The van der Waals surface area contributed by atoms with Gasteiger partial charge in [-0.3, -0.25) is 0 Å². The summed E-state index contributed by atoms with van der Waals surface area (Å²) in [6, 6.07) is 0.618. The van der Waals surface area contributed by atoms with Gasteiger partial charge in [0.25, 0.3) is 0 Å². The van der Waals surface area contributed by atoms with Crippen molar-refractivity contribution in [3.05, 3.63) is 16.1 Å². The quantitative estimate of drug-likeness (QED) is 0.772. The van der Waals surface area contributed by atoms with Crippen LogP contribution in [-0.4, -0.2) is 17.6 Å². The van der Waals surface area contributed by atoms with E-state index >= 15 is 0 Å². The fraction of sp³-hybridized carbons (Fsp3) is 0.833. The average molecular weight is 309 g/mol. The molecule has 2 nitrogen and oxygen atoms in total. The molecule has 21 heavy (non-hydrogen) atoms. The summed E-state index contributed by atoms with van der Waals surface area (Å²) in [7, 11) is 0. The average Bonchev–Trinajstić information content (AvgIpc) is 3.06. The summed E-state index contributed by atoms with van der Waals surface area (Å²) >= 11 is 1.85. The maximum atomic E-state index is 4.88. The van der Waals surface area contributed by atoms with E-state index in [0.29, 0.717) is 6.04 Å². The van der Waals surface area contributed by atoms with Gasteiger partial charge in [-0.2, -0.15) is 0 Å². The summed E-state index contributed by atoms with van der Waals surface area (Å²) < 4.78 is 0. The molecule has 1 fully saturated rings. The molecule has 0 saturated heterocycles. The summed E-state index contributed by atoms with van der Waals surface area (Å²) in [6.45, 7) is 10.1. The zero-order chi connectivity index (χ0) is 15.3. The van der Waals surface area contributed by atoms with Gasteiger partial charge in [0.1, 0.15) is 0 Å². The molecule has 0 amide bonds. The molecule has 1 heterocycles. The molecule has 0 bridgehead atoms. The van der Waals surface area contributed by atoms with Crippen LogP contribution >= 0.6 is 11.3 Å². The van der Waals surface area contributed by atoms with E-state index in [1.165, 1.54) is 49.2 Å². The van der Waals surface area contributed by atoms with E-state index in [1.807, 2.05) is 11.3 Å². The second-order valence-corrected chi connectivity index (χ2v) is 8.56. The molecule has 0 aromatic carbocycles. The van der Waals surface area contributed by atoms with E-state index in [0.717, 1.165) is 18.9 Å². The summed E-state index contributed by atoms with van der Waals surface area (Å²) in [5.74, 6) is 0.946. The van der Waals surface area contributed by atoms with E-state index in [1.54, 1.807) is 0 Å².